The van der Waals surface area contributed by atoms with Crippen molar-refractivity contribution < 1.29 is 13.3 Å². The summed E-state index contributed by atoms with van der Waals surface area (Å²) in [5.74, 6) is 0.773. The van der Waals surface area contributed by atoms with Gasteiger partial charge in [0.05, 0.1) is 16.6 Å². The van der Waals surface area contributed by atoms with Crippen LogP contribution in [0.4, 0.5) is 4.39 Å². The summed E-state index contributed by atoms with van der Waals surface area (Å²) in [5.41, 5.74) is 0. The van der Waals surface area contributed by atoms with Crippen LogP contribution in [-0.4, -0.2) is 16.6 Å². The molecular weight excluding hydrogens is 331 g/mol. The summed E-state index contributed by atoms with van der Waals surface area (Å²) in [5, 5.41) is 0. The van der Waals surface area contributed by atoms with Crippen LogP contribution in [-0.2, 0) is 10.8 Å². The molecule has 1 unspecified atom stereocenters. The molecule has 0 aliphatic rings. The van der Waals surface area contributed by atoms with Crippen molar-refractivity contribution in [1.29, 1.82) is 0 Å². The number of hydrogen-bond donors (Lipinski definition) is 0. The smallest absolute Gasteiger partial charge is 0.123 e. The lowest BCUT2D eigenvalue weighted by Gasteiger charge is -2.06. The molecule has 0 saturated heterocycles. The molecule has 0 saturated carbocycles. The van der Waals surface area contributed by atoms with E-state index in [-0.39, 0.29) is 5.82 Å². The summed E-state index contributed by atoms with van der Waals surface area (Å²) in [6.45, 7) is 0.348. The van der Waals surface area contributed by atoms with E-state index in [1.54, 1.807) is 0 Å². The van der Waals surface area contributed by atoms with Crippen LogP contribution in [0, 0.1) is 5.82 Å². The average molecular weight is 343 g/mol. The molecule has 0 bridgehead atoms. The van der Waals surface area contributed by atoms with Crippen molar-refractivity contribution in [3.05, 3.63) is 58.8 Å². The van der Waals surface area contributed by atoms with Gasteiger partial charge in [0.15, 0.2) is 0 Å². The largest absolute Gasteiger partial charge is 0.493 e. The predicted molar refractivity (Wildman–Crippen MR) is 77.3 cm³/mol. The van der Waals surface area contributed by atoms with Gasteiger partial charge in [0.25, 0.3) is 0 Å². The third-order valence-electron chi connectivity index (χ3n) is 2.41. The SMILES string of the molecule is O=S(CCOc1cccc(Br)c1)c1ccc(F)cc1. The van der Waals surface area contributed by atoms with Crippen LogP contribution >= 0.6 is 15.9 Å². The Balaban J connectivity index is 1.86. The van der Waals surface area contributed by atoms with E-state index in [1.807, 2.05) is 24.3 Å². The highest BCUT2D eigenvalue weighted by Crippen LogP contribution is 2.17. The summed E-state index contributed by atoms with van der Waals surface area (Å²) in [7, 11) is -1.17. The number of halogens is 2. The van der Waals surface area contributed by atoms with E-state index in [0.29, 0.717) is 17.3 Å². The Morgan fingerprint density at radius 1 is 1.16 bits per heavy atom. The zero-order valence-electron chi connectivity index (χ0n) is 10.0. The molecule has 100 valence electrons. The summed E-state index contributed by atoms with van der Waals surface area (Å²) < 4.78 is 31.1. The first-order valence-electron chi connectivity index (χ1n) is 5.67. The van der Waals surface area contributed by atoms with E-state index < -0.39 is 10.8 Å². The van der Waals surface area contributed by atoms with Crippen molar-refractivity contribution in [3.63, 3.8) is 0 Å². The fourth-order valence-electron chi connectivity index (χ4n) is 1.50. The summed E-state index contributed by atoms with van der Waals surface area (Å²) in [6, 6.07) is 13.1. The quantitative estimate of drug-likeness (QED) is 0.826. The zero-order chi connectivity index (χ0) is 13.7. The monoisotopic (exact) mass is 342 g/mol. The van der Waals surface area contributed by atoms with Crippen LogP contribution in [0.25, 0.3) is 0 Å². The molecule has 0 heterocycles. The van der Waals surface area contributed by atoms with E-state index in [1.165, 1.54) is 24.3 Å². The molecule has 0 aliphatic heterocycles. The molecule has 0 aliphatic carbocycles. The second-order valence-corrected chi connectivity index (χ2v) is 6.30. The third-order valence-corrected chi connectivity index (χ3v) is 4.24. The van der Waals surface area contributed by atoms with E-state index >= 15 is 0 Å². The highest BCUT2D eigenvalue weighted by molar-refractivity contribution is 9.10. The summed E-state index contributed by atoms with van der Waals surface area (Å²) in [4.78, 5) is 0.610. The first kappa shape index (κ1) is 14.2. The minimum atomic E-state index is -1.17. The average Bonchev–Trinajstić information content (AvgIpc) is 2.39. The van der Waals surface area contributed by atoms with Crippen LogP contribution in [0.5, 0.6) is 5.75 Å². The van der Waals surface area contributed by atoms with Gasteiger partial charge in [0.2, 0.25) is 0 Å². The van der Waals surface area contributed by atoms with E-state index in [0.717, 1.165) is 10.2 Å². The van der Waals surface area contributed by atoms with Gasteiger partial charge in [-0.05, 0) is 42.5 Å². The maximum Gasteiger partial charge on any atom is 0.123 e. The number of hydrogen-bond acceptors (Lipinski definition) is 2. The number of rotatable bonds is 5. The van der Waals surface area contributed by atoms with Crippen molar-refractivity contribution in [1.82, 2.24) is 0 Å². The van der Waals surface area contributed by atoms with Crippen LogP contribution in [0.1, 0.15) is 0 Å². The third kappa shape index (κ3) is 4.44. The molecule has 19 heavy (non-hydrogen) atoms. The second-order valence-electron chi connectivity index (χ2n) is 3.81. The molecule has 5 heteroatoms. The topological polar surface area (TPSA) is 26.3 Å². The fourth-order valence-corrected chi connectivity index (χ4v) is 2.78. The Morgan fingerprint density at radius 2 is 1.89 bits per heavy atom. The van der Waals surface area contributed by atoms with Crippen molar-refractivity contribution in [2.75, 3.05) is 12.4 Å². The van der Waals surface area contributed by atoms with Crippen LogP contribution in [0.2, 0.25) is 0 Å². The molecule has 2 aromatic rings. The standard InChI is InChI=1S/C14H12BrFO2S/c15-11-2-1-3-13(10-11)18-8-9-19(17)14-6-4-12(16)5-7-14/h1-7,10H,8-9H2. The first-order valence-corrected chi connectivity index (χ1v) is 7.78. The molecule has 0 N–H and O–H groups in total. The van der Waals surface area contributed by atoms with Gasteiger partial charge in [-0.3, -0.25) is 4.21 Å². The number of benzene rings is 2. The maximum atomic E-state index is 12.7. The van der Waals surface area contributed by atoms with Gasteiger partial charge in [-0.25, -0.2) is 4.39 Å². The predicted octanol–water partition coefficient (Wildman–Crippen LogP) is 3.77. The van der Waals surface area contributed by atoms with Crippen molar-refractivity contribution >= 4 is 26.7 Å². The molecule has 0 spiro atoms. The van der Waals surface area contributed by atoms with Gasteiger partial charge in [-0.1, -0.05) is 22.0 Å². The Labute approximate surface area is 122 Å². The normalized spacial score (nSPS) is 12.1. The van der Waals surface area contributed by atoms with Gasteiger partial charge in [-0.2, -0.15) is 0 Å². The Morgan fingerprint density at radius 3 is 2.58 bits per heavy atom. The summed E-state index contributed by atoms with van der Waals surface area (Å²) >= 11 is 3.35. The van der Waals surface area contributed by atoms with Gasteiger partial charge < -0.3 is 4.74 Å². The molecule has 2 nitrogen and oxygen atoms in total. The highest BCUT2D eigenvalue weighted by atomic mass is 79.9. The van der Waals surface area contributed by atoms with Gasteiger partial charge in [0, 0.05) is 9.37 Å². The van der Waals surface area contributed by atoms with Crippen LogP contribution in [0.15, 0.2) is 57.9 Å². The Hall–Kier alpha value is -1.20. The van der Waals surface area contributed by atoms with E-state index in [9.17, 15) is 8.60 Å². The Kier molecular flexibility index (Phi) is 5.10. The fraction of sp³-hybridized carbons (Fsp3) is 0.143. The second kappa shape index (κ2) is 6.82. The lowest BCUT2D eigenvalue weighted by Crippen LogP contribution is -2.08. The first-order chi connectivity index (χ1) is 9.15. The van der Waals surface area contributed by atoms with Crippen LogP contribution < -0.4 is 4.74 Å². The summed E-state index contributed by atoms with van der Waals surface area (Å²) in [6.07, 6.45) is 0. The van der Waals surface area contributed by atoms with Crippen molar-refractivity contribution in [2.45, 2.75) is 4.90 Å². The van der Waals surface area contributed by atoms with Crippen molar-refractivity contribution in [3.8, 4) is 5.75 Å². The number of ether oxygens (including phenoxy) is 1. The van der Waals surface area contributed by atoms with Crippen LogP contribution in [0.3, 0.4) is 0 Å². The zero-order valence-corrected chi connectivity index (χ0v) is 12.4. The molecule has 0 amide bonds. The van der Waals surface area contributed by atoms with Crippen molar-refractivity contribution in [2.24, 2.45) is 0 Å². The molecule has 0 radical (unpaired) electrons. The molecule has 2 aromatic carbocycles. The van der Waals surface area contributed by atoms with Gasteiger partial charge in [-0.15, -0.1) is 0 Å². The highest BCUT2D eigenvalue weighted by Gasteiger charge is 2.04. The van der Waals surface area contributed by atoms with Gasteiger partial charge >= 0.3 is 0 Å². The molecule has 0 fully saturated rings. The van der Waals surface area contributed by atoms with E-state index in [4.69, 9.17) is 4.74 Å². The lowest BCUT2D eigenvalue weighted by molar-refractivity contribution is 0.342. The molecular formula is C14H12BrFO2S. The maximum absolute atomic E-state index is 12.7. The minimum Gasteiger partial charge on any atom is -0.493 e. The lowest BCUT2D eigenvalue weighted by atomic mass is 10.3. The van der Waals surface area contributed by atoms with E-state index in [2.05, 4.69) is 15.9 Å². The minimum absolute atomic E-state index is 0.328. The van der Waals surface area contributed by atoms with Gasteiger partial charge in [0.1, 0.15) is 18.2 Å². The molecule has 1 atom stereocenters. The molecule has 2 rings (SSSR count). The molecule has 0 aromatic heterocycles. The Bertz CT molecular complexity index is 572.